The van der Waals surface area contributed by atoms with E-state index in [9.17, 15) is 23.2 Å². The second kappa shape index (κ2) is 9.82. The molecule has 4 amide bonds. The Morgan fingerprint density at radius 2 is 1.88 bits per heavy atom. The molecule has 0 saturated carbocycles. The number of carbonyl (C=O) groups excluding carboxylic acids is 3. The summed E-state index contributed by atoms with van der Waals surface area (Å²) in [7, 11) is 3.15. The van der Waals surface area contributed by atoms with E-state index in [-0.39, 0.29) is 18.8 Å². The molecule has 2 aromatic rings. The summed E-state index contributed by atoms with van der Waals surface area (Å²) in [6.45, 7) is -1.30. The van der Waals surface area contributed by atoms with Gasteiger partial charge in [-0.2, -0.15) is 13.8 Å². The van der Waals surface area contributed by atoms with Crippen molar-refractivity contribution >= 4 is 17.8 Å². The van der Waals surface area contributed by atoms with E-state index < -0.39 is 30.0 Å². The van der Waals surface area contributed by atoms with Crippen LogP contribution in [0.3, 0.4) is 0 Å². The number of halogens is 2. The smallest absolute Gasteiger partial charge is 0.387 e. The summed E-state index contributed by atoms with van der Waals surface area (Å²) in [5, 5.41) is 3.25. The minimum Gasteiger partial charge on any atom is -0.497 e. The quantitative estimate of drug-likeness (QED) is 0.555. The standard InChI is InChI=1S/C22H24F2N4O5/c1-22(15-7-9-16(32-3)10-8-15)19(30)28(21(31)25-22)26-18(29)13-27(2)12-14-5-4-6-17(11-14)33-20(23)24/h4-11,20H,12-13H2,1-3H3,(H,25,31)(H,26,29). The fourth-order valence-electron chi connectivity index (χ4n) is 3.45. The molecule has 2 aromatic carbocycles. The normalized spacial score (nSPS) is 18.0. The first kappa shape index (κ1) is 23.9. The van der Waals surface area contributed by atoms with Gasteiger partial charge in [-0.15, -0.1) is 0 Å². The monoisotopic (exact) mass is 462 g/mol. The number of imide groups is 1. The maximum atomic E-state index is 12.9. The van der Waals surface area contributed by atoms with Gasteiger partial charge >= 0.3 is 12.6 Å². The van der Waals surface area contributed by atoms with Crippen molar-refractivity contribution in [1.29, 1.82) is 0 Å². The Morgan fingerprint density at radius 1 is 1.18 bits per heavy atom. The number of likely N-dealkylation sites (N-methyl/N-ethyl adjacent to an activating group) is 1. The third-order valence-electron chi connectivity index (χ3n) is 5.08. The van der Waals surface area contributed by atoms with Crippen LogP contribution in [0.25, 0.3) is 0 Å². The number of urea groups is 1. The Balaban J connectivity index is 1.60. The average molecular weight is 462 g/mol. The fourth-order valence-corrected chi connectivity index (χ4v) is 3.45. The van der Waals surface area contributed by atoms with E-state index in [1.165, 1.54) is 19.2 Å². The molecule has 1 aliphatic rings. The molecule has 9 nitrogen and oxygen atoms in total. The van der Waals surface area contributed by atoms with Gasteiger partial charge in [0.25, 0.3) is 11.8 Å². The zero-order valence-electron chi connectivity index (χ0n) is 18.3. The van der Waals surface area contributed by atoms with Crippen LogP contribution in [0.5, 0.6) is 11.5 Å². The van der Waals surface area contributed by atoms with Crippen LogP contribution in [-0.4, -0.2) is 55.1 Å². The third-order valence-corrected chi connectivity index (χ3v) is 5.08. The molecule has 33 heavy (non-hydrogen) atoms. The number of carbonyl (C=O) groups is 3. The largest absolute Gasteiger partial charge is 0.497 e. The average Bonchev–Trinajstić information content (AvgIpc) is 2.97. The highest BCUT2D eigenvalue weighted by Crippen LogP contribution is 2.29. The summed E-state index contributed by atoms with van der Waals surface area (Å²) >= 11 is 0. The minimum absolute atomic E-state index is 0.0116. The molecule has 1 aliphatic heterocycles. The van der Waals surface area contributed by atoms with E-state index in [1.54, 1.807) is 55.3 Å². The van der Waals surface area contributed by atoms with E-state index in [4.69, 9.17) is 4.74 Å². The first-order valence-corrected chi connectivity index (χ1v) is 9.95. The molecule has 0 aromatic heterocycles. The molecule has 11 heteroatoms. The van der Waals surface area contributed by atoms with Crippen molar-refractivity contribution < 1.29 is 32.6 Å². The second-order valence-electron chi connectivity index (χ2n) is 7.66. The number of benzene rings is 2. The van der Waals surface area contributed by atoms with Gasteiger partial charge in [-0.1, -0.05) is 24.3 Å². The van der Waals surface area contributed by atoms with Crippen LogP contribution < -0.4 is 20.2 Å². The Morgan fingerprint density at radius 3 is 2.52 bits per heavy atom. The van der Waals surface area contributed by atoms with Gasteiger partial charge in [0.2, 0.25) is 0 Å². The number of hydrazine groups is 1. The number of rotatable bonds is 9. The van der Waals surface area contributed by atoms with Crippen molar-refractivity contribution in [1.82, 2.24) is 20.7 Å². The first-order chi connectivity index (χ1) is 15.6. The zero-order chi connectivity index (χ0) is 24.2. The SMILES string of the molecule is COc1ccc(C2(C)NC(=O)N(NC(=O)CN(C)Cc3cccc(OC(F)F)c3)C2=O)cc1. The van der Waals surface area contributed by atoms with Crippen LogP contribution >= 0.6 is 0 Å². The van der Waals surface area contributed by atoms with Crippen LogP contribution in [0.1, 0.15) is 18.1 Å². The van der Waals surface area contributed by atoms with Crippen LogP contribution in [0.2, 0.25) is 0 Å². The summed E-state index contributed by atoms with van der Waals surface area (Å²) in [5.41, 5.74) is 2.14. The molecular weight excluding hydrogens is 438 g/mol. The number of ether oxygens (including phenoxy) is 2. The Bertz CT molecular complexity index is 1030. The maximum absolute atomic E-state index is 12.9. The highest BCUT2D eigenvalue weighted by atomic mass is 19.3. The molecule has 176 valence electrons. The van der Waals surface area contributed by atoms with Gasteiger partial charge in [-0.05, 0) is 49.4 Å². The lowest BCUT2D eigenvalue weighted by Crippen LogP contribution is -2.50. The Kier molecular flexibility index (Phi) is 7.12. The van der Waals surface area contributed by atoms with Gasteiger partial charge in [0.1, 0.15) is 17.0 Å². The molecule has 1 atom stereocenters. The van der Waals surface area contributed by atoms with Crippen LogP contribution in [0.15, 0.2) is 48.5 Å². The number of hydrogen-bond donors (Lipinski definition) is 2. The van der Waals surface area contributed by atoms with Gasteiger partial charge in [0.05, 0.1) is 13.7 Å². The van der Waals surface area contributed by atoms with Gasteiger partial charge < -0.3 is 14.8 Å². The number of hydrogen-bond acceptors (Lipinski definition) is 6. The molecule has 0 bridgehead atoms. The lowest BCUT2D eigenvalue weighted by atomic mass is 9.92. The molecule has 1 fully saturated rings. The summed E-state index contributed by atoms with van der Waals surface area (Å²) in [5.74, 6) is -0.624. The zero-order valence-corrected chi connectivity index (χ0v) is 18.3. The van der Waals surface area contributed by atoms with Crippen molar-refractivity contribution in [2.45, 2.75) is 25.6 Å². The van der Waals surface area contributed by atoms with Gasteiger partial charge in [-0.25, -0.2) is 4.79 Å². The van der Waals surface area contributed by atoms with Crippen molar-refractivity contribution in [3.63, 3.8) is 0 Å². The van der Waals surface area contributed by atoms with Crippen LogP contribution in [-0.2, 0) is 21.7 Å². The van der Waals surface area contributed by atoms with Crippen molar-refractivity contribution in [3.8, 4) is 11.5 Å². The van der Waals surface area contributed by atoms with Gasteiger partial charge in [0.15, 0.2) is 0 Å². The molecule has 2 N–H and O–H groups in total. The predicted octanol–water partition coefficient (Wildman–Crippen LogP) is 2.23. The highest BCUT2D eigenvalue weighted by molar-refractivity contribution is 6.08. The molecule has 0 radical (unpaired) electrons. The molecule has 1 saturated heterocycles. The summed E-state index contributed by atoms with van der Waals surface area (Å²) in [6.07, 6.45) is 0. The van der Waals surface area contributed by atoms with Gasteiger partial charge in [0, 0.05) is 6.54 Å². The third kappa shape index (κ3) is 5.55. The van der Waals surface area contributed by atoms with Crippen molar-refractivity contribution in [2.75, 3.05) is 20.7 Å². The lowest BCUT2D eigenvalue weighted by molar-refractivity contribution is -0.139. The minimum atomic E-state index is -2.93. The Hall–Kier alpha value is -3.73. The summed E-state index contributed by atoms with van der Waals surface area (Å²) in [6, 6.07) is 12.0. The molecule has 0 spiro atoms. The molecule has 1 unspecified atom stereocenters. The second-order valence-corrected chi connectivity index (χ2v) is 7.66. The molecular formula is C22H24F2N4O5. The number of alkyl halides is 2. The Labute approximate surface area is 189 Å². The van der Waals surface area contributed by atoms with E-state index in [1.807, 2.05) is 0 Å². The molecule has 0 aliphatic carbocycles. The predicted molar refractivity (Wildman–Crippen MR) is 113 cm³/mol. The van der Waals surface area contributed by atoms with Crippen LogP contribution in [0.4, 0.5) is 13.6 Å². The number of methoxy groups -OCH3 is 1. The van der Waals surface area contributed by atoms with E-state index >= 15 is 0 Å². The summed E-state index contributed by atoms with van der Waals surface area (Å²) < 4.78 is 34.2. The number of amides is 4. The lowest BCUT2D eigenvalue weighted by Gasteiger charge is -2.23. The first-order valence-electron chi connectivity index (χ1n) is 9.95. The number of nitrogens with one attached hydrogen (secondary N) is 2. The maximum Gasteiger partial charge on any atom is 0.387 e. The topological polar surface area (TPSA) is 100 Å². The van der Waals surface area contributed by atoms with E-state index in [2.05, 4.69) is 15.5 Å². The highest BCUT2D eigenvalue weighted by Gasteiger charge is 2.50. The van der Waals surface area contributed by atoms with E-state index in [0.29, 0.717) is 21.9 Å². The van der Waals surface area contributed by atoms with Crippen molar-refractivity contribution in [3.05, 3.63) is 59.7 Å². The summed E-state index contributed by atoms with van der Waals surface area (Å²) in [4.78, 5) is 39.4. The fraction of sp³-hybridized carbons (Fsp3) is 0.318. The molecule has 3 rings (SSSR count). The van der Waals surface area contributed by atoms with E-state index in [0.717, 1.165) is 0 Å². The van der Waals surface area contributed by atoms with Crippen molar-refractivity contribution in [2.24, 2.45) is 0 Å². The van der Waals surface area contributed by atoms with Crippen LogP contribution in [0, 0.1) is 0 Å². The molecule has 1 heterocycles. The van der Waals surface area contributed by atoms with Gasteiger partial charge in [-0.3, -0.25) is 19.9 Å². The number of nitrogens with zero attached hydrogens (tertiary/aromatic N) is 2.